The molecule has 0 heterocycles. The number of aryl methyl sites for hydroxylation is 1. The van der Waals surface area contributed by atoms with E-state index in [1.807, 2.05) is 0 Å². The van der Waals surface area contributed by atoms with Crippen LogP contribution in [0.25, 0.3) is 0 Å². The van der Waals surface area contributed by atoms with Crippen LogP contribution in [0.2, 0.25) is 0 Å². The highest BCUT2D eigenvalue weighted by Gasteiger charge is 2.74. The van der Waals surface area contributed by atoms with E-state index >= 15 is 0 Å². The fourth-order valence-electron chi connectivity index (χ4n) is 1.87. The van der Waals surface area contributed by atoms with Crippen molar-refractivity contribution in [3.8, 4) is 5.75 Å². The first-order chi connectivity index (χ1) is 9.01. The summed E-state index contributed by atoms with van der Waals surface area (Å²) in [6.45, 7) is 2.97. The van der Waals surface area contributed by atoms with Crippen molar-refractivity contribution in [1.82, 2.24) is 0 Å². The minimum atomic E-state index is -4.28. The number of benzene rings is 1. The molecule has 0 amide bonds. The topological polar surface area (TPSA) is 9.23 Å². The van der Waals surface area contributed by atoms with Gasteiger partial charge in [0.1, 0.15) is 11.2 Å². The van der Waals surface area contributed by atoms with Crippen molar-refractivity contribution in [3.05, 3.63) is 41.4 Å². The molecule has 110 valence electrons. The van der Waals surface area contributed by atoms with E-state index in [1.165, 1.54) is 12.1 Å². The van der Waals surface area contributed by atoms with Crippen molar-refractivity contribution in [2.75, 3.05) is 0 Å². The van der Waals surface area contributed by atoms with E-state index in [1.54, 1.807) is 19.1 Å². The van der Waals surface area contributed by atoms with Gasteiger partial charge in [-0.05, 0) is 32.9 Å². The molecule has 0 saturated heterocycles. The zero-order chi connectivity index (χ0) is 15.3. The lowest BCUT2D eigenvalue weighted by molar-refractivity contribution is -0.177. The second kappa shape index (κ2) is 4.20. The Balaban J connectivity index is 2.45. The van der Waals surface area contributed by atoms with Crippen molar-refractivity contribution in [1.29, 1.82) is 0 Å². The Morgan fingerprint density at radius 1 is 0.900 bits per heavy atom. The van der Waals surface area contributed by atoms with Gasteiger partial charge < -0.3 is 4.74 Å². The molecule has 0 aromatic heterocycles. The molecule has 20 heavy (non-hydrogen) atoms. The smallest absolute Gasteiger partial charge is 0.318 e. The maximum absolute atomic E-state index is 14.0. The molecule has 0 aliphatic heterocycles. The molecule has 0 saturated carbocycles. The Hall–Kier alpha value is -1.59. The number of allylic oxidation sites excluding steroid dienone is 2. The lowest BCUT2D eigenvalue weighted by Gasteiger charge is -2.31. The number of alkyl halides is 4. The van der Waals surface area contributed by atoms with Crippen LogP contribution < -0.4 is 4.74 Å². The lowest BCUT2D eigenvalue weighted by atomic mass is 9.84. The van der Waals surface area contributed by atoms with Crippen LogP contribution in [-0.4, -0.2) is 11.8 Å². The minimum absolute atomic E-state index is 0.117. The van der Waals surface area contributed by atoms with Gasteiger partial charge in [-0.15, -0.1) is 0 Å². The van der Waals surface area contributed by atoms with Crippen molar-refractivity contribution in [3.63, 3.8) is 0 Å². The van der Waals surface area contributed by atoms with E-state index in [-0.39, 0.29) is 5.75 Å². The monoisotopic (exact) mass is 292 g/mol. The molecule has 0 spiro atoms. The van der Waals surface area contributed by atoms with Gasteiger partial charge in [-0.3, -0.25) is 0 Å². The van der Waals surface area contributed by atoms with E-state index in [4.69, 9.17) is 4.74 Å². The van der Waals surface area contributed by atoms with Crippen molar-refractivity contribution < 1.29 is 26.7 Å². The molecular formula is C14H13F5O. The highest BCUT2D eigenvalue weighted by molar-refractivity contribution is 5.37. The molecule has 6 heteroatoms. The fourth-order valence-corrected chi connectivity index (χ4v) is 1.87. The molecule has 1 nitrogen and oxygen atoms in total. The largest absolute Gasteiger partial charge is 0.452 e. The maximum atomic E-state index is 14.0. The molecule has 1 aliphatic carbocycles. The summed E-state index contributed by atoms with van der Waals surface area (Å²) in [5, 5.41) is 0. The molecule has 0 N–H and O–H groups in total. The number of hydrogen-bond acceptors (Lipinski definition) is 1. The van der Waals surface area contributed by atoms with Crippen LogP contribution >= 0.6 is 0 Å². The summed E-state index contributed by atoms with van der Waals surface area (Å²) >= 11 is 0. The van der Waals surface area contributed by atoms with E-state index in [0.717, 1.165) is 5.56 Å². The maximum Gasteiger partial charge on any atom is 0.318 e. The van der Waals surface area contributed by atoms with Crippen LogP contribution in [0.3, 0.4) is 0 Å². The molecule has 2 rings (SSSR count). The third kappa shape index (κ3) is 1.81. The van der Waals surface area contributed by atoms with E-state index in [0.29, 0.717) is 13.8 Å². The fraction of sp³-hybridized carbons (Fsp3) is 0.429. The van der Waals surface area contributed by atoms with Gasteiger partial charge >= 0.3 is 11.8 Å². The molecule has 0 fully saturated rings. The molecule has 0 unspecified atom stereocenters. The summed E-state index contributed by atoms with van der Waals surface area (Å²) < 4.78 is 73.6. The average molecular weight is 292 g/mol. The Morgan fingerprint density at radius 2 is 1.40 bits per heavy atom. The van der Waals surface area contributed by atoms with Crippen LogP contribution in [0.15, 0.2) is 35.9 Å². The van der Waals surface area contributed by atoms with Gasteiger partial charge in [-0.1, -0.05) is 17.7 Å². The van der Waals surface area contributed by atoms with Crippen LogP contribution in [0.5, 0.6) is 5.75 Å². The van der Waals surface area contributed by atoms with Crippen LogP contribution in [0.4, 0.5) is 22.0 Å². The van der Waals surface area contributed by atoms with Gasteiger partial charge in [0.2, 0.25) is 11.6 Å². The van der Waals surface area contributed by atoms with Crippen molar-refractivity contribution >= 4 is 0 Å². The Morgan fingerprint density at radius 3 is 1.80 bits per heavy atom. The summed E-state index contributed by atoms with van der Waals surface area (Å²) in [7, 11) is 0. The van der Waals surface area contributed by atoms with Gasteiger partial charge in [0.25, 0.3) is 0 Å². The first kappa shape index (κ1) is 14.8. The zero-order valence-corrected chi connectivity index (χ0v) is 11.1. The van der Waals surface area contributed by atoms with Crippen LogP contribution in [-0.2, 0) is 0 Å². The lowest BCUT2D eigenvalue weighted by Crippen LogP contribution is -2.45. The van der Waals surface area contributed by atoms with Gasteiger partial charge in [0.05, 0.1) is 0 Å². The Kier molecular flexibility index (Phi) is 3.11. The van der Waals surface area contributed by atoms with Gasteiger partial charge in [-0.25, -0.2) is 4.39 Å². The summed E-state index contributed by atoms with van der Waals surface area (Å²) in [6, 6.07) is 5.72. The first-order valence-corrected chi connectivity index (χ1v) is 5.92. The van der Waals surface area contributed by atoms with Crippen molar-refractivity contribution in [2.45, 2.75) is 32.6 Å². The van der Waals surface area contributed by atoms with Crippen molar-refractivity contribution in [2.24, 2.45) is 5.41 Å². The van der Waals surface area contributed by atoms with Crippen LogP contribution in [0, 0.1) is 12.3 Å². The third-order valence-electron chi connectivity index (χ3n) is 3.57. The number of ether oxygens (including phenoxy) is 1. The van der Waals surface area contributed by atoms with Gasteiger partial charge in [0, 0.05) is 0 Å². The standard InChI is InChI=1S/C14H13F5O/c1-8-4-6-9(7-5-8)20-11-10(15)13(16,17)12(2,3)14(11,18)19/h4-7H,1-3H3. The number of hydrogen-bond donors (Lipinski definition) is 0. The van der Waals surface area contributed by atoms with Crippen LogP contribution in [0.1, 0.15) is 19.4 Å². The highest BCUT2D eigenvalue weighted by Crippen LogP contribution is 2.61. The SMILES string of the molecule is Cc1ccc(OC2=C(F)C(F)(F)C(C)(C)C2(F)F)cc1. The Labute approximate surface area is 113 Å². The molecule has 0 radical (unpaired) electrons. The second-order valence-corrected chi connectivity index (χ2v) is 5.33. The summed E-state index contributed by atoms with van der Waals surface area (Å²) in [5.41, 5.74) is -2.06. The predicted octanol–water partition coefficient (Wildman–Crippen LogP) is 4.87. The predicted molar refractivity (Wildman–Crippen MR) is 63.6 cm³/mol. The molecule has 1 aromatic rings. The molecule has 1 aromatic carbocycles. The summed E-state index contributed by atoms with van der Waals surface area (Å²) in [4.78, 5) is 0. The Bertz CT molecular complexity index is 557. The second-order valence-electron chi connectivity index (χ2n) is 5.33. The zero-order valence-electron chi connectivity index (χ0n) is 11.1. The highest BCUT2D eigenvalue weighted by atomic mass is 19.3. The summed E-state index contributed by atoms with van der Waals surface area (Å²) in [5.74, 6) is -12.3. The average Bonchev–Trinajstić information content (AvgIpc) is 2.43. The minimum Gasteiger partial charge on any atom is -0.452 e. The van der Waals surface area contributed by atoms with E-state index in [9.17, 15) is 22.0 Å². The van der Waals surface area contributed by atoms with Gasteiger partial charge in [0.15, 0.2) is 0 Å². The molecule has 0 atom stereocenters. The van der Waals surface area contributed by atoms with E-state index in [2.05, 4.69) is 0 Å². The first-order valence-electron chi connectivity index (χ1n) is 5.92. The number of halogens is 5. The normalized spacial score (nSPS) is 23.0. The summed E-state index contributed by atoms with van der Waals surface area (Å²) in [6.07, 6.45) is 0. The molecular weight excluding hydrogens is 279 g/mol. The third-order valence-corrected chi connectivity index (χ3v) is 3.57. The number of rotatable bonds is 2. The quantitative estimate of drug-likeness (QED) is 0.707. The van der Waals surface area contributed by atoms with E-state index < -0.39 is 28.8 Å². The molecule has 0 bridgehead atoms. The molecule has 1 aliphatic rings. The van der Waals surface area contributed by atoms with Gasteiger partial charge in [-0.2, -0.15) is 17.6 Å².